The van der Waals surface area contributed by atoms with Gasteiger partial charge in [0.05, 0.1) is 12.0 Å². The fourth-order valence-corrected chi connectivity index (χ4v) is 2.69. The average Bonchev–Trinajstić information content (AvgIpc) is 2.37. The number of hydrogen-bond acceptors (Lipinski definition) is 5. The third-order valence-electron chi connectivity index (χ3n) is 2.33. The van der Waals surface area contributed by atoms with Crippen molar-refractivity contribution in [1.29, 1.82) is 0 Å². The monoisotopic (exact) mass is 290 g/mol. The van der Waals surface area contributed by atoms with Crippen LogP contribution in [0.2, 0.25) is 0 Å². The summed E-state index contributed by atoms with van der Waals surface area (Å²) in [6.45, 7) is 0.422. The minimum Gasteiger partial charge on any atom is -0.465 e. The third-order valence-corrected chi connectivity index (χ3v) is 3.83. The highest BCUT2D eigenvalue weighted by atomic mass is 32.2. The van der Waals surface area contributed by atoms with Crippen LogP contribution < -0.4 is 10.5 Å². The molecule has 106 valence electrons. The standard InChI is InChI=1S/C11H15FN2O4S/c1-18-11(15)10-8(12)4-2-5-9(10)19(16,17)14-7-3-6-13/h2,4-5,14H,3,6-7,13H2,1H3. The van der Waals surface area contributed by atoms with Gasteiger partial charge in [0.1, 0.15) is 11.4 Å². The number of methoxy groups -OCH3 is 1. The van der Waals surface area contributed by atoms with Gasteiger partial charge in [0.15, 0.2) is 0 Å². The Morgan fingerprint density at radius 2 is 2.16 bits per heavy atom. The Bertz CT molecular complexity index is 560. The molecule has 0 unspecified atom stereocenters. The Balaban J connectivity index is 3.19. The maximum atomic E-state index is 13.6. The molecule has 0 heterocycles. The summed E-state index contributed by atoms with van der Waals surface area (Å²) in [5, 5.41) is 0. The summed E-state index contributed by atoms with van der Waals surface area (Å²) in [7, 11) is -2.94. The predicted octanol–water partition coefficient (Wildman–Crippen LogP) is 0.239. The predicted molar refractivity (Wildman–Crippen MR) is 66.6 cm³/mol. The zero-order valence-electron chi connectivity index (χ0n) is 10.3. The van der Waals surface area contributed by atoms with Gasteiger partial charge in [0.25, 0.3) is 0 Å². The summed E-state index contributed by atoms with van der Waals surface area (Å²) in [5.41, 5.74) is 4.65. The van der Waals surface area contributed by atoms with Gasteiger partial charge in [-0.05, 0) is 25.1 Å². The molecule has 0 radical (unpaired) electrons. The summed E-state index contributed by atoms with van der Waals surface area (Å²) in [6, 6.07) is 3.34. The van der Waals surface area contributed by atoms with Crippen molar-refractivity contribution in [2.24, 2.45) is 5.73 Å². The maximum Gasteiger partial charge on any atom is 0.342 e. The van der Waals surface area contributed by atoms with Crippen molar-refractivity contribution < 1.29 is 22.3 Å². The van der Waals surface area contributed by atoms with Gasteiger partial charge < -0.3 is 10.5 Å². The van der Waals surface area contributed by atoms with Gasteiger partial charge in [0.2, 0.25) is 10.0 Å². The van der Waals surface area contributed by atoms with E-state index in [1.807, 2.05) is 0 Å². The van der Waals surface area contributed by atoms with E-state index in [1.165, 1.54) is 6.07 Å². The number of carbonyl (C=O) groups is 1. The number of rotatable bonds is 6. The van der Waals surface area contributed by atoms with E-state index in [1.54, 1.807) is 0 Å². The largest absolute Gasteiger partial charge is 0.465 e. The fourth-order valence-electron chi connectivity index (χ4n) is 1.41. The van der Waals surface area contributed by atoms with E-state index in [-0.39, 0.29) is 6.54 Å². The second kappa shape index (κ2) is 6.60. The van der Waals surface area contributed by atoms with Crippen LogP contribution in [0.15, 0.2) is 23.1 Å². The molecule has 19 heavy (non-hydrogen) atoms. The summed E-state index contributed by atoms with van der Waals surface area (Å²) >= 11 is 0. The Labute approximate surface area is 110 Å². The number of carbonyl (C=O) groups excluding carboxylic acids is 1. The number of ether oxygens (including phenoxy) is 1. The average molecular weight is 290 g/mol. The van der Waals surface area contributed by atoms with Crippen molar-refractivity contribution in [3.8, 4) is 0 Å². The molecule has 1 aromatic carbocycles. The van der Waals surface area contributed by atoms with Crippen LogP contribution in [0.4, 0.5) is 4.39 Å². The summed E-state index contributed by atoms with van der Waals surface area (Å²) in [5.74, 6) is -1.99. The Hall–Kier alpha value is -1.51. The van der Waals surface area contributed by atoms with Crippen LogP contribution in [-0.2, 0) is 14.8 Å². The highest BCUT2D eigenvalue weighted by Gasteiger charge is 2.25. The zero-order chi connectivity index (χ0) is 14.5. The van der Waals surface area contributed by atoms with Crippen molar-refractivity contribution in [3.05, 3.63) is 29.6 Å². The van der Waals surface area contributed by atoms with Crippen LogP contribution in [0.25, 0.3) is 0 Å². The SMILES string of the molecule is COC(=O)c1c(F)cccc1S(=O)(=O)NCCCN. The number of nitrogens with two attached hydrogens (primary N) is 1. The molecule has 0 amide bonds. The second-order valence-electron chi connectivity index (χ2n) is 3.64. The number of hydrogen-bond donors (Lipinski definition) is 2. The van der Waals surface area contributed by atoms with Gasteiger partial charge in [-0.25, -0.2) is 22.3 Å². The Morgan fingerprint density at radius 1 is 1.47 bits per heavy atom. The topological polar surface area (TPSA) is 98.5 Å². The normalized spacial score (nSPS) is 11.3. The smallest absolute Gasteiger partial charge is 0.342 e. The molecule has 0 aliphatic rings. The minimum absolute atomic E-state index is 0.107. The highest BCUT2D eigenvalue weighted by molar-refractivity contribution is 7.89. The summed E-state index contributed by atoms with van der Waals surface area (Å²) in [4.78, 5) is 11.0. The lowest BCUT2D eigenvalue weighted by molar-refractivity contribution is 0.0590. The summed E-state index contributed by atoms with van der Waals surface area (Å²) < 4.78 is 44.2. The molecule has 0 aliphatic heterocycles. The zero-order valence-corrected chi connectivity index (χ0v) is 11.2. The Morgan fingerprint density at radius 3 is 2.74 bits per heavy atom. The third kappa shape index (κ3) is 3.72. The lowest BCUT2D eigenvalue weighted by atomic mass is 10.2. The number of halogens is 1. The summed E-state index contributed by atoms with van der Waals surface area (Å²) in [6.07, 6.45) is 0.433. The lowest BCUT2D eigenvalue weighted by Crippen LogP contribution is -2.28. The van der Waals surface area contributed by atoms with Crippen LogP contribution >= 0.6 is 0 Å². The number of esters is 1. The molecular formula is C11H15FN2O4S. The quantitative estimate of drug-likeness (QED) is 0.577. The lowest BCUT2D eigenvalue weighted by Gasteiger charge is -2.10. The first kappa shape index (κ1) is 15.5. The van der Waals surface area contributed by atoms with Crippen LogP contribution in [0, 0.1) is 5.82 Å². The molecular weight excluding hydrogens is 275 g/mol. The minimum atomic E-state index is -3.99. The molecule has 0 bridgehead atoms. The fraction of sp³-hybridized carbons (Fsp3) is 0.364. The Kier molecular flexibility index (Phi) is 5.40. The molecule has 6 nitrogen and oxygen atoms in total. The first-order chi connectivity index (χ1) is 8.94. The molecule has 3 N–H and O–H groups in total. The van der Waals surface area contributed by atoms with E-state index in [4.69, 9.17) is 5.73 Å². The molecule has 0 aromatic heterocycles. The van der Waals surface area contributed by atoms with Crippen LogP contribution in [0.1, 0.15) is 16.8 Å². The van der Waals surface area contributed by atoms with Gasteiger partial charge in [0, 0.05) is 6.54 Å². The van der Waals surface area contributed by atoms with E-state index in [2.05, 4.69) is 9.46 Å². The van der Waals surface area contributed by atoms with Crippen molar-refractivity contribution in [3.63, 3.8) is 0 Å². The van der Waals surface area contributed by atoms with Gasteiger partial charge in [-0.3, -0.25) is 0 Å². The maximum absolute atomic E-state index is 13.6. The number of benzene rings is 1. The van der Waals surface area contributed by atoms with Gasteiger partial charge in [-0.2, -0.15) is 0 Å². The van der Waals surface area contributed by atoms with Crippen LogP contribution in [0.3, 0.4) is 0 Å². The van der Waals surface area contributed by atoms with E-state index < -0.39 is 32.3 Å². The van der Waals surface area contributed by atoms with E-state index in [0.29, 0.717) is 13.0 Å². The number of nitrogens with one attached hydrogen (secondary N) is 1. The van der Waals surface area contributed by atoms with E-state index in [0.717, 1.165) is 19.2 Å². The molecule has 0 spiro atoms. The van der Waals surface area contributed by atoms with Crippen LogP contribution in [-0.4, -0.2) is 34.6 Å². The van der Waals surface area contributed by atoms with E-state index >= 15 is 0 Å². The highest BCUT2D eigenvalue weighted by Crippen LogP contribution is 2.19. The molecule has 0 saturated heterocycles. The van der Waals surface area contributed by atoms with Gasteiger partial charge in [-0.1, -0.05) is 6.07 Å². The molecule has 0 aliphatic carbocycles. The van der Waals surface area contributed by atoms with Crippen molar-refractivity contribution in [2.45, 2.75) is 11.3 Å². The molecule has 0 atom stereocenters. The molecule has 0 fully saturated rings. The first-order valence-corrected chi connectivity index (χ1v) is 6.99. The molecule has 0 saturated carbocycles. The van der Waals surface area contributed by atoms with Crippen molar-refractivity contribution >= 4 is 16.0 Å². The van der Waals surface area contributed by atoms with Gasteiger partial charge in [-0.15, -0.1) is 0 Å². The molecule has 1 aromatic rings. The molecule has 1 rings (SSSR count). The van der Waals surface area contributed by atoms with E-state index in [9.17, 15) is 17.6 Å². The van der Waals surface area contributed by atoms with Crippen molar-refractivity contribution in [2.75, 3.05) is 20.2 Å². The van der Waals surface area contributed by atoms with Crippen LogP contribution in [0.5, 0.6) is 0 Å². The van der Waals surface area contributed by atoms with Gasteiger partial charge >= 0.3 is 5.97 Å². The first-order valence-electron chi connectivity index (χ1n) is 5.50. The molecule has 8 heteroatoms. The number of sulfonamides is 1. The van der Waals surface area contributed by atoms with Crippen molar-refractivity contribution in [1.82, 2.24) is 4.72 Å². The second-order valence-corrected chi connectivity index (χ2v) is 5.38.